The lowest BCUT2D eigenvalue weighted by atomic mass is 10.1. The molecule has 0 saturated carbocycles. The Bertz CT molecular complexity index is 1360. The average molecular weight is 547 g/mol. The third-order valence-corrected chi connectivity index (χ3v) is 7.42. The summed E-state index contributed by atoms with van der Waals surface area (Å²) in [6.07, 6.45) is 0. The summed E-state index contributed by atoms with van der Waals surface area (Å²) < 4.78 is 37.7. The first kappa shape index (κ1) is 26.7. The van der Waals surface area contributed by atoms with Gasteiger partial charge in [0.15, 0.2) is 11.5 Å². The van der Waals surface area contributed by atoms with Crippen molar-refractivity contribution in [2.24, 2.45) is 5.73 Å². The van der Waals surface area contributed by atoms with Crippen molar-refractivity contribution in [3.8, 4) is 11.5 Å². The summed E-state index contributed by atoms with van der Waals surface area (Å²) in [4.78, 5) is 39.7. The molecule has 2 amide bonds. The minimum atomic E-state index is -4.26. The highest BCUT2D eigenvalue weighted by atomic mass is 32.2. The number of nitrogens with zero attached hydrogens (tertiary/aromatic N) is 2. The van der Waals surface area contributed by atoms with Crippen LogP contribution in [0.3, 0.4) is 0 Å². The lowest BCUT2D eigenvalue weighted by Gasteiger charge is -2.35. The molecule has 202 valence electrons. The van der Waals surface area contributed by atoms with Crippen LogP contribution in [-0.2, 0) is 24.4 Å². The number of nitrogens with two attached hydrogens (primary N) is 1. The van der Waals surface area contributed by atoms with Crippen molar-refractivity contribution in [3.05, 3.63) is 48.0 Å². The Morgan fingerprint density at radius 3 is 2.47 bits per heavy atom. The first-order valence-corrected chi connectivity index (χ1v) is 12.9. The number of fused-ring (bicyclic) bond motifs is 1. The van der Waals surface area contributed by atoms with Gasteiger partial charge in [-0.2, -0.15) is 4.72 Å². The second-order valence-corrected chi connectivity index (χ2v) is 10.2. The fraction of sp³-hybridized carbons (Fsp3) is 0.304. The van der Waals surface area contributed by atoms with Gasteiger partial charge in [-0.15, -0.1) is 0 Å². The maximum absolute atomic E-state index is 12.7. The van der Waals surface area contributed by atoms with Crippen molar-refractivity contribution in [2.45, 2.75) is 10.9 Å². The second kappa shape index (κ2) is 10.9. The number of carboxylic acids is 1. The van der Waals surface area contributed by atoms with Gasteiger partial charge in [-0.05, 0) is 36.4 Å². The third kappa shape index (κ3) is 6.12. The number of nitrogens with one attached hydrogen (secondary N) is 3. The van der Waals surface area contributed by atoms with Gasteiger partial charge in [0.05, 0.1) is 18.0 Å². The molecule has 1 saturated heterocycles. The van der Waals surface area contributed by atoms with Crippen LogP contribution in [0, 0.1) is 5.41 Å². The molecule has 2 aliphatic heterocycles. The van der Waals surface area contributed by atoms with Gasteiger partial charge in [0.1, 0.15) is 11.9 Å². The number of piperazine rings is 1. The first-order valence-electron chi connectivity index (χ1n) is 11.4. The van der Waals surface area contributed by atoms with Gasteiger partial charge in [0.2, 0.25) is 28.6 Å². The van der Waals surface area contributed by atoms with Crippen molar-refractivity contribution in [1.82, 2.24) is 14.9 Å². The summed E-state index contributed by atoms with van der Waals surface area (Å²) in [7, 11) is -4.26. The highest BCUT2D eigenvalue weighted by Gasteiger charge is 2.29. The number of ether oxygens (including phenoxy) is 2. The number of nitrogen functional groups attached to an aromatic ring is 1. The lowest BCUT2D eigenvalue weighted by Crippen LogP contribution is -2.54. The summed E-state index contributed by atoms with van der Waals surface area (Å²) in [5.41, 5.74) is 6.79. The van der Waals surface area contributed by atoms with E-state index >= 15 is 0 Å². The molecule has 14 nitrogen and oxygen atoms in total. The molecule has 2 heterocycles. The number of hydrogen-bond acceptors (Lipinski definition) is 9. The smallest absolute Gasteiger partial charge is 0.323 e. The first-order chi connectivity index (χ1) is 18.0. The number of rotatable bonds is 10. The normalized spacial score (nSPS) is 15.7. The molecule has 0 radical (unpaired) electrons. The number of anilines is 1. The van der Waals surface area contributed by atoms with E-state index in [1.807, 2.05) is 4.90 Å². The minimum Gasteiger partial charge on any atom is -0.480 e. The molecule has 0 aliphatic carbocycles. The fourth-order valence-corrected chi connectivity index (χ4v) is 5.08. The van der Waals surface area contributed by atoms with E-state index in [1.54, 1.807) is 24.3 Å². The van der Waals surface area contributed by atoms with Gasteiger partial charge in [0.25, 0.3) is 0 Å². The molecule has 4 rings (SSSR count). The van der Waals surface area contributed by atoms with E-state index in [1.165, 1.54) is 23.1 Å². The Balaban J connectivity index is 1.29. The van der Waals surface area contributed by atoms with Crippen molar-refractivity contribution >= 4 is 39.3 Å². The molecule has 2 aromatic carbocycles. The van der Waals surface area contributed by atoms with Crippen LogP contribution in [0.2, 0.25) is 0 Å². The Morgan fingerprint density at radius 1 is 1.11 bits per heavy atom. The van der Waals surface area contributed by atoms with E-state index in [0.29, 0.717) is 17.9 Å². The zero-order valence-electron chi connectivity index (χ0n) is 20.0. The van der Waals surface area contributed by atoms with Crippen molar-refractivity contribution in [2.75, 3.05) is 44.4 Å². The molecule has 6 N–H and O–H groups in total. The summed E-state index contributed by atoms with van der Waals surface area (Å²) in [6.45, 7) is -0.168. The van der Waals surface area contributed by atoms with E-state index in [2.05, 4.69) is 10.0 Å². The quantitative estimate of drug-likeness (QED) is 0.180. The molecular formula is C23H26N6O8S. The molecular weight excluding hydrogens is 520 g/mol. The van der Waals surface area contributed by atoms with Crippen LogP contribution in [-0.4, -0.2) is 87.6 Å². The van der Waals surface area contributed by atoms with Crippen molar-refractivity contribution < 1.29 is 37.4 Å². The number of carboxylic acid groups (broad SMARTS) is 1. The third-order valence-electron chi connectivity index (χ3n) is 5.95. The maximum atomic E-state index is 12.7. The predicted octanol–water partition coefficient (Wildman–Crippen LogP) is -1.10. The molecule has 0 spiro atoms. The average Bonchev–Trinajstić information content (AvgIpc) is 3.36. The minimum absolute atomic E-state index is 0.0276. The van der Waals surface area contributed by atoms with E-state index in [9.17, 15) is 27.9 Å². The van der Waals surface area contributed by atoms with Crippen LogP contribution in [0.25, 0.3) is 0 Å². The fourth-order valence-electron chi connectivity index (χ4n) is 3.87. The number of amides is 2. The van der Waals surface area contributed by atoms with Gasteiger partial charge in [-0.1, -0.05) is 0 Å². The molecule has 2 aliphatic rings. The van der Waals surface area contributed by atoms with Crippen LogP contribution in [0.4, 0.5) is 5.69 Å². The Kier molecular flexibility index (Phi) is 7.68. The van der Waals surface area contributed by atoms with Crippen LogP contribution in [0.1, 0.15) is 5.56 Å². The van der Waals surface area contributed by atoms with E-state index < -0.39 is 34.5 Å². The molecule has 0 bridgehead atoms. The highest BCUT2D eigenvalue weighted by molar-refractivity contribution is 7.89. The van der Waals surface area contributed by atoms with E-state index in [0.717, 1.165) is 5.69 Å². The zero-order valence-corrected chi connectivity index (χ0v) is 20.9. The highest BCUT2D eigenvalue weighted by Crippen LogP contribution is 2.33. The number of benzene rings is 2. The number of carbonyl (C=O) groups is 3. The summed E-state index contributed by atoms with van der Waals surface area (Å²) in [5.74, 6) is -1.91. The second-order valence-electron chi connectivity index (χ2n) is 8.53. The molecule has 1 atom stereocenters. The lowest BCUT2D eigenvalue weighted by molar-refractivity contribution is -0.139. The molecule has 38 heavy (non-hydrogen) atoms. The molecule has 2 aromatic rings. The Morgan fingerprint density at radius 2 is 1.82 bits per heavy atom. The molecule has 1 fully saturated rings. The van der Waals surface area contributed by atoms with Gasteiger partial charge >= 0.3 is 5.97 Å². The van der Waals surface area contributed by atoms with Crippen LogP contribution >= 0.6 is 0 Å². The maximum Gasteiger partial charge on any atom is 0.323 e. The largest absolute Gasteiger partial charge is 0.480 e. The van der Waals surface area contributed by atoms with Crippen LogP contribution in [0.15, 0.2) is 47.4 Å². The van der Waals surface area contributed by atoms with Crippen molar-refractivity contribution in [3.63, 3.8) is 0 Å². The van der Waals surface area contributed by atoms with E-state index in [4.69, 9.17) is 20.6 Å². The number of sulfonamides is 1. The Hall–Kier alpha value is -4.37. The number of carbonyl (C=O) groups excluding carboxylic acids is 2. The topological polar surface area (TPSA) is 204 Å². The monoisotopic (exact) mass is 546 g/mol. The van der Waals surface area contributed by atoms with E-state index in [-0.39, 0.29) is 48.8 Å². The molecule has 0 unspecified atom stereocenters. The van der Waals surface area contributed by atoms with Crippen molar-refractivity contribution in [1.29, 1.82) is 5.41 Å². The molecule has 0 aromatic heterocycles. The zero-order chi connectivity index (χ0) is 27.4. The number of amidine groups is 1. The number of hydrogen-bond donors (Lipinski definition) is 5. The summed E-state index contributed by atoms with van der Waals surface area (Å²) in [5, 5.41) is 19.3. The SMILES string of the molecule is N=C(N)c1ccc(N2CCN(CC(=O)NC[C@H](NS(=O)(=O)c3ccc4c(c3)OCO4)C(=O)O)C(=O)C2)cc1. The number of aliphatic carboxylic acids is 1. The van der Waals surface area contributed by atoms with Gasteiger partial charge in [0, 0.05) is 37.0 Å². The van der Waals surface area contributed by atoms with Gasteiger partial charge < -0.3 is 35.4 Å². The predicted molar refractivity (Wildman–Crippen MR) is 134 cm³/mol. The summed E-state index contributed by atoms with van der Waals surface area (Å²) >= 11 is 0. The van der Waals surface area contributed by atoms with Gasteiger partial charge in [-0.25, -0.2) is 8.42 Å². The van der Waals surface area contributed by atoms with Crippen LogP contribution < -0.4 is 30.1 Å². The van der Waals surface area contributed by atoms with Gasteiger partial charge in [-0.3, -0.25) is 19.8 Å². The Labute approximate surface area is 217 Å². The standard InChI is InChI=1S/C23H26N6O8S/c24-22(25)14-1-3-15(4-2-14)28-7-8-29(21(31)12-28)11-20(30)26-10-17(23(32)33)27-38(34,35)16-5-6-18-19(9-16)37-13-36-18/h1-6,9,17,27H,7-8,10-13H2,(H3,24,25)(H,26,30)(H,32,33)/t17-/m0/s1. The summed E-state index contributed by atoms with van der Waals surface area (Å²) in [6, 6.07) is 9.07. The molecule has 15 heteroatoms. The van der Waals surface area contributed by atoms with Crippen LogP contribution in [0.5, 0.6) is 11.5 Å².